The SMILES string of the molecule is CO[C@@H]1[C@@H](O)[C@H](O[C@@H]2CO[C@@H](OC[C@@H](/C=C/[C@@H](C)[C@H]3[C@@H](O)[C@@H](O)[C@@H]4[C@]3(C)CC[C@@H]3[C@@]5(C)CC[C@H](O)[C@H](O)[C@@H]5[C@@H](O)C[C@]34O)C(C)C)[C@H](O)[C@H]2OC)OC[C@H]1O. The second kappa shape index (κ2) is 16.7. The van der Waals surface area contributed by atoms with Gasteiger partial charge in [0.15, 0.2) is 12.6 Å². The van der Waals surface area contributed by atoms with E-state index in [1.165, 1.54) is 14.2 Å². The number of rotatable bonds is 11. The molecule has 4 aliphatic carbocycles. The van der Waals surface area contributed by atoms with Crippen LogP contribution in [0.1, 0.15) is 66.7 Å². The highest BCUT2D eigenvalue weighted by atomic mass is 16.7. The molecule has 15 nitrogen and oxygen atoms in total. The van der Waals surface area contributed by atoms with Gasteiger partial charge in [0.2, 0.25) is 0 Å². The van der Waals surface area contributed by atoms with Gasteiger partial charge in [0, 0.05) is 38.4 Å². The zero-order valence-electron chi connectivity index (χ0n) is 33.3. The summed E-state index contributed by atoms with van der Waals surface area (Å²) >= 11 is 0. The van der Waals surface area contributed by atoms with E-state index in [1.807, 2.05) is 32.9 Å². The predicted octanol–water partition coefficient (Wildman–Crippen LogP) is -0.304. The Labute approximate surface area is 324 Å². The largest absolute Gasteiger partial charge is 0.393 e. The van der Waals surface area contributed by atoms with Gasteiger partial charge in [-0.15, -0.1) is 0 Å². The number of aliphatic hydroxyl groups excluding tert-OH is 8. The Morgan fingerprint density at radius 3 is 2.00 bits per heavy atom. The predicted molar refractivity (Wildman–Crippen MR) is 195 cm³/mol. The van der Waals surface area contributed by atoms with Crippen LogP contribution in [0.2, 0.25) is 0 Å². The Morgan fingerprint density at radius 1 is 0.709 bits per heavy atom. The molecule has 0 unspecified atom stereocenters. The first-order valence-corrected chi connectivity index (χ1v) is 20.3. The molecule has 0 aromatic heterocycles. The number of hydrogen-bond donors (Lipinski definition) is 9. The van der Waals surface area contributed by atoms with Crippen molar-refractivity contribution in [3.63, 3.8) is 0 Å². The van der Waals surface area contributed by atoms with E-state index in [9.17, 15) is 46.0 Å². The third-order valence-corrected chi connectivity index (χ3v) is 15.1. The van der Waals surface area contributed by atoms with Crippen molar-refractivity contribution < 1.29 is 74.4 Å². The van der Waals surface area contributed by atoms with E-state index in [2.05, 4.69) is 13.8 Å². The minimum Gasteiger partial charge on any atom is -0.393 e. The van der Waals surface area contributed by atoms with Crippen molar-refractivity contribution in [1.29, 1.82) is 0 Å². The summed E-state index contributed by atoms with van der Waals surface area (Å²) < 4.78 is 34.2. The van der Waals surface area contributed by atoms with Crippen molar-refractivity contribution in [3.8, 4) is 0 Å². The van der Waals surface area contributed by atoms with Crippen LogP contribution < -0.4 is 0 Å². The molecule has 0 aromatic carbocycles. The number of fused-ring (bicyclic) bond motifs is 5. The van der Waals surface area contributed by atoms with Crippen molar-refractivity contribution in [2.45, 2.75) is 152 Å². The smallest absolute Gasteiger partial charge is 0.186 e. The molecule has 2 heterocycles. The average Bonchev–Trinajstić information content (AvgIpc) is 3.33. The fourth-order valence-corrected chi connectivity index (χ4v) is 12.3. The van der Waals surface area contributed by atoms with Gasteiger partial charge in [-0.2, -0.15) is 0 Å². The number of ether oxygens (including phenoxy) is 6. The summed E-state index contributed by atoms with van der Waals surface area (Å²) in [5, 5.41) is 101. The maximum absolute atomic E-state index is 12.6. The van der Waals surface area contributed by atoms with E-state index in [-0.39, 0.29) is 49.9 Å². The van der Waals surface area contributed by atoms with Gasteiger partial charge in [0.1, 0.15) is 36.6 Å². The average molecular weight is 789 g/mol. The molecule has 9 N–H and O–H groups in total. The molecule has 6 fully saturated rings. The Kier molecular flexibility index (Phi) is 13.2. The molecule has 0 radical (unpaired) electrons. The summed E-state index contributed by atoms with van der Waals surface area (Å²) in [6.07, 6.45) is -7.61. The minimum absolute atomic E-state index is 0.0273. The van der Waals surface area contributed by atoms with Gasteiger partial charge >= 0.3 is 0 Å². The molecular weight excluding hydrogens is 720 g/mol. The first-order valence-electron chi connectivity index (χ1n) is 20.3. The molecule has 6 aliphatic rings. The molecule has 318 valence electrons. The summed E-state index contributed by atoms with van der Waals surface area (Å²) in [7, 11) is 2.80. The summed E-state index contributed by atoms with van der Waals surface area (Å²) in [5.74, 6) is -2.25. The Hall–Kier alpha value is -0.860. The summed E-state index contributed by atoms with van der Waals surface area (Å²) in [5.41, 5.74) is -2.79. The van der Waals surface area contributed by atoms with Gasteiger partial charge in [0.05, 0.1) is 55.9 Å². The fraction of sp³-hybridized carbons (Fsp3) is 0.950. The topological polar surface area (TPSA) is 237 Å². The van der Waals surface area contributed by atoms with Crippen LogP contribution >= 0.6 is 0 Å². The normalized spacial score (nSPS) is 52.8. The molecule has 0 spiro atoms. The molecule has 2 aliphatic heterocycles. The van der Waals surface area contributed by atoms with Crippen LogP contribution in [0, 0.1) is 52.3 Å². The van der Waals surface area contributed by atoms with Crippen LogP contribution in [-0.4, -0.2) is 165 Å². The maximum Gasteiger partial charge on any atom is 0.186 e. The fourth-order valence-electron chi connectivity index (χ4n) is 12.3. The lowest BCUT2D eigenvalue weighted by Gasteiger charge is -2.66. The molecule has 4 saturated carbocycles. The van der Waals surface area contributed by atoms with Crippen LogP contribution in [0.5, 0.6) is 0 Å². The van der Waals surface area contributed by atoms with Crippen molar-refractivity contribution in [3.05, 3.63) is 12.2 Å². The van der Waals surface area contributed by atoms with Crippen LogP contribution in [-0.2, 0) is 28.4 Å². The van der Waals surface area contributed by atoms with Gasteiger partial charge in [0.25, 0.3) is 0 Å². The number of hydrogen-bond acceptors (Lipinski definition) is 15. The first kappa shape index (κ1) is 43.7. The molecule has 22 atom stereocenters. The highest BCUT2D eigenvalue weighted by Crippen LogP contribution is 2.69. The molecule has 0 bridgehead atoms. The summed E-state index contributed by atoms with van der Waals surface area (Å²) in [6, 6.07) is 0. The van der Waals surface area contributed by atoms with E-state index in [1.54, 1.807) is 0 Å². The molecule has 6 rings (SSSR count). The number of allylic oxidation sites excluding steroid dienone is 1. The number of methoxy groups -OCH3 is 2. The van der Waals surface area contributed by atoms with Crippen molar-refractivity contribution in [2.75, 3.05) is 34.0 Å². The van der Waals surface area contributed by atoms with Crippen LogP contribution in [0.25, 0.3) is 0 Å². The van der Waals surface area contributed by atoms with Gasteiger partial charge in [-0.1, -0.05) is 46.8 Å². The second-order valence-electron chi connectivity index (χ2n) is 18.5. The molecule has 2 saturated heterocycles. The molecular formula is C40H68O15. The van der Waals surface area contributed by atoms with Gasteiger partial charge < -0.3 is 74.4 Å². The second-order valence-corrected chi connectivity index (χ2v) is 18.5. The Morgan fingerprint density at radius 2 is 1.35 bits per heavy atom. The lowest BCUT2D eigenvalue weighted by molar-refractivity contribution is -0.332. The summed E-state index contributed by atoms with van der Waals surface area (Å²) in [6.45, 7) is 10.2. The van der Waals surface area contributed by atoms with Crippen LogP contribution in [0.15, 0.2) is 12.2 Å². The Balaban J connectivity index is 1.11. The van der Waals surface area contributed by atoms with Gasteiger partial charge in [-0.25, -0.2) is 0 Å². The van der Waals surface area contributed by atoms with Gasteiger partial charge in [-0.05, 0) is 60.2 Å². The highest BCUT2D eigenvalue weighted by molar-refractivity contribution is 5.23. The zero-order chi connectivity index (χ0) is 40.4. The molecule has 15 heteroatoms. The van der Waals surface area contributed by atoms with E-state index < -0.39 is 114 Å². The van der Waals surface area contributed by atoms with E-state index in [0.717, 1.165) is 0 Å². The molecule has 0 aromatic rings. The van der Waals surface area contributed by atoms with Gasteiger partial charge in [-0.3, -0.25) is 0 Å². The van der Waals surface area contributed by atoms with Crippen LogP contribution in [0.4, 0.5) is 0 Å². The van der Waals surface area contributed by atoms with Crippen LogP contribution in [0.3, 0.4) is 0 Å². The van der Waals surface area contributed by atoms with E-state index in [4.69, 9.17) is 28.4 Å². The molecule has 0 amide bonds. The lowest BCUT2D eigenvalue weighted by atomic mass is 9.41. The molecule has 55 heavy (non-hydrogen) atoms. The maximum atomic E-state index is 12.6. The zero-order valence-corrected chi connectivity index (χ0v) is 33.3. The van der Waals surface area contributed by atoms with Crippen molar-refractivity contribution in [1.82, 2.24) is 0 Å². The van der Waals surface area contributed by atoms with Crippen molar-refractivity contribution >= 4 is 0 Å². The van der Waals surface area contributed by atoms with Crippen molar-refractivity contribution in [2.24, 2.45) is 52.3 Å². The first-order chi connectivity index (χ1) is 25.8. The standard InChI is InChI=1S/C40H68O15/c1-18(2)20(15-52-36-32(48)34(51-7)24(17-54-36)55-37-31(47)33(50-6)23(43)16-53-37)9-8-19(3)26-29(45)30(46)35-39(26,5)13-11-25-38(4)12-10-21(41)28(44)27(38)22(42)14-40(25,35)49/h8-9,18-37,41-49H,10-17H2,1-7H3/b9-8+/t19-,20-,21+,22+,23-,24-,25-,26+,27+,28+,29-,30-,31-,32-,33+,34+,35-,36-,37+,38-,39-,40+/m1/s1. The third-order valence-electron chi connectivity index (χ3n) is 15.1. The monoisotopic (exact) mass is 788 g/mol. The summed E-state index contributed by atoms with van der Waals surface area (Å²) in [4.78, 5) is 0. The number of aliphatic hydroxyl groups is 9. The third kappa shape index (κ3) is 7.50. The quantitative estimate of drug-likeness (QED) is 0.122. The lowest BCUT2D eigenvalue weighted by Crippen LogP contribution is -2.71. The van der Waals surface area contributed by atoms with E-state index >= 15 is 0 Å². The van der Waals surface area contributed by atoms with E-state index in [0.29, 0.717) is 25.7 Å². The minimum atomic E-state index is -1.48. The highest BCUT2D eigenvalue weighted by Gasteiger charge is 2.73. The Bertz CT molecular complexity index is 1320.